The zero-order valence-corrected chi connectivity index (χ0v) is 7.34. The molecule has 14 heavy (non-hydrogen) atoms. The molecule has 6 heteroatoms. The molecule has 0 unspecified atom stereocenters. The van der Waals surface area contributed by atoms with Gasteiger partial charge in [0.05, 0.1) is 6.20 Å². The van der Waals surface area contributed by atoms with Crippen molar-refractivity contribution in [1.29, 1.82) is 0 Å². The van der Waals surface area contributed by atoms with Gasteiger partial charge in [0, 0.05) is 13.1 Å². The van der Waals surface area contributed by atoms with Crippen molar-refractivity contribution < 1.29 is 14.3 Å². The van der Waals surface area contributed by atoms with E-state index in [2.05, 4.69) is 10.1 Å². The zero-order chi connectivity index (χ0) is 10.1. The van der Waals surface area contributed by atoms with Crippen LogP contribution in [0.1, 0.15) is 10.5 Å². The van der Waals surface area contributed by atoms with E-state index in [0.717, 1.165) is 0 Å². The van der Waals surface area contributed by atoms with Crippen molar-refractivity contribution in [2.24, 2.45) is 7.05 Å². The van der Waals surface area contributed by atoms with Gasteiger partial charge in [-0.2, -0.15) is 5.10 Å². The number of hydrogen-bond acceptors (Lipinski definition) is 4. The van der Waals surface area contributed by atoms with Crippen molar-refractivity contribution >= 4 is 5.97 Å². The second kappa shape index (κ2) is 2.99. The third-order valence-electron chi connectivity index (χ3n) is 1.75. The molecule has 72 valence electrons. The number of nitrogens with zero attached hydrogens (tertiary/aromatic N) is 3. The molecule has 2 aromatic rings. The Balaban J connectivity index is 2.48. The highest BCUT2D eigenvalue weighted by Crippen LogP contribution is 2.16. The molecule has 6 nitrogen and oxygen atoms in total. The summed E-state index contributed by atoms with van der Waals surface area (Å²) in [6.45, 7) is 0. The van der Waals surface area contributed by atoms with E-state index in [-0.39, 0.29) is 5.69 Å². The molecule has 0 aliphatic heterocycles. The number of aromatic carboxylic acids is 1. The maximum Gasteiger partial charge on any atom is 0.354 e. The third kappa shape index (κ3) is 1.26. The summed E-state index contributed by atoms with van der Waals surface area (Å²) in [6.07, 6.45) is 2.88. The van der Waals surface area contributed by atoms with Crippen LogP contribution in [0.4, 0.5) is 0 Å². The summed E-state index contributed by atoms with van der Waals surface area (Å²) in [5, 5.41) is 12.7. The first-order chi connectivity index (χ1) is 6.68. The van der Waals surface area contributed by atoms with Gasteiger partial charge >= 0.3 is 5.97 Å². The molecule has 2 heterocycles. The number of carboxylic acid groups (broad SMARTS) is 1. The number of hydrogen-bond donors (Lipinski definition) is 1. The molecule has 0 aliphatic rings. The van der Waals surface area contributed by atoms with Crippen molar-refractivity contribution in [3.05, 3.63) is 24.2 Å². The lowest BCUT2D eigenvalue weighted by Gasteiger charge is -1.91. The van der Waals surface area contributed by atoms with Gasteiger partial charge in [0.2, 0.25) is 5.89 Å². The van der Waals surface area contributed by atoms with Crippen LogP contribution in [-0.4, -0.2) is 25.8 Å². The Hall–Kier alpha value is -2.11. The maximum absolute atomic E-state index is 10.7. The average Bonchev–Trinajstić information content (AvgIpc) is 2.70. The number of rotatable bonds is 2. The SMILES string of the molecule is Cn1nc(-c2ncco2)cc1C(=O)O. The van der Waals surface area contributed by atoms with Crippen LogP contribution in [0.15, 0.2) is 22.9 Å². The third-order valence-corrected chi connectivity index (χ3v) is 1.75. The summed E-state index contributed by atoms with van der Waals surface area (Å²) in [6, 6.07) is 1.41. The molecule has 2 aromatic heterocycles. The van der Waals surface area contributed by atoms with Gasteiger partial charge in [-0.3, -0.25) is 4.68 Å². The molecule has 0 fully saturated rings. The van der Waals surface area contributed by atoms with E-state index in [1.807, 2.05) is 0 Å². The number of oxazole rings is 1. The first kappa shape index (κ1) is 8.49. The topological polar surface area (TPSA) is 81.2 Å². The van der Waals surface area contributed by atoms with Crippen LogP contribution in [0.5, 0.6) is 0 Å². The lowest BCUT2D eigenvalue weighted by Crippen LogP contribution is -2.04. The lowest BCUT2D eigenvalue weighted by atomic mass is 10.3. The van der Waals surface area contributed by atoms with Gasteiger partial charge < -0.3 is 9.52 Å². The summed E-state index contributed by atoms with van der Waals surface area (Å²) >= 11 is 0. The Labute approximate surface area is 78.8 Å². The Bertz CT molecular complexity index is 458. The van der Waals surface area contributed by atoms with E-state index in [0.29, 0.717) is 11.6 Å². The van der Waals surface area contributed by atoms with Gasteiger partial charge in [-0.05, 0) is 0 Å². The molecule has 1 N–H and O–H groups in total. The zero-order valence-electron chi connectivity index (χ0n) is 7.34. The van der Waals surface area contributed by atoms with Crippen molar-refractivity contribution in [3.63, 3.8) is 0 Å². The molecule has 0 radical (unpaired) electrons. The maximum atomic E-state index is 10.7. The van der Waals surface area contributed by atoms with Crippen molar-refractivity contribution in [1.82, 2.24) is 14.8 Å². The minimum Gasteiger partial charge on any atom is -0.477 e. The number of carboxylic acids is 1. The minimum absolute atomic E-state index is 0.0956. The van der Waals surface area contributed by atoms with Crippen LogP contribution >= 0.6 is 0 Å². The van der Waals surface area contributed by atoms with E-state index in [1.165, 1.54) is 23.2 Å². The summed E-state index contributed by atoms with van der Waals surface area (Å²) in [5.74, 6) is -0.717. The van der Waals surface area contributed by atoms with Gasteiger partial charge in [-0.15, -0.1) is 0 Å². The Morgan fingerprint density at radius 1 is 1.64 bits per heavy atom. The molecule has 0 saturated carbocycles. The monoisotopic (exact) mass is 193 g/mol. The highest BCUT2D eigenvalue weighted by atomic mass is 16.4. The summed E-state index contributed by atoms with van der Waals surface area (Å²) in [4.78, 5) is 14.6. The molecule has 0 spiro atoms. The van der Waals surface area contributed by atoms with Crippen LogP contribution in [0.3, 0.4) is 0 Å². The fraction of sp³-hybridized carbons (Fsp3) is 0.125. The molecule has 0 amide bonds. The van der Waals surface area contributed by atoms with Crippen molar-refractivity contribution in [2.75, 3.05) is 0 Å². The quantitative estimate of drug-likeness (QED) is 0.761. The predicted octanol–water partition coefficient (Wildman–Crippen LogP) is 0.773. The predicted molar refractivity (Wildman–Crippen MR) is 45.7 cm³/mol. The van der Waals surface area contributed by atoms with E-state index in [4.69, 9.17) is 9.52 Å². The molecule has 0 aliphatic carbocycles. The summed E-state index contributed by atoms with van der Waals surface area (Å²) in [7, 11) is 1.55. The molecule has 2 rings (SSSR count). The fourth-order valence-corrected chi connectivity index (χ4v) is 1.12. The van der Waals surface area contributed by atoms with E-state index in [9.17, 15) is 4.79 Å². The van der Waals surface area contributed by atoms with Gasteiger partial charge in [-0.1, -0.05) is 0 Å². The van der Waals surface area contributed by atoms with Gasteiger partial charge in [0.25, 0.3) is 0 Å². The summed E-state index contributed by atoms with van der Waals surface area (Å²) < 4.78 is 6.25. The Morgan fingerprint density at radius 3 is 2.93 bits per heavy atom. The molecule has 0 aromatic carbocycles. The van der Waals surface area contributed by atoms with E-state index < -0.39 is 5.97 Å². The standard InChI is InChI=1S/C8H7N3O3/c1-11-6(8(12)13)4-5(10-11)7-9-2-3-14-7/h2-4H,1H3,(H,12,13). The first-order valence-corrected chi connectivity index (χ1v) is 3.85. The number of carbonyl (C=O) groups is 1. The first-order valence-electron chi connectivity index (χ1n) is 3.85. The summed E-state index contributed by atoms with van der Waals surface area (Å²) in [5.41, 5.74) is 0.508. The minimum atomic E-state index is -1.03. The van der Waals surface area contributed by atoms with Crippen LogP contribution < -0.4 is 0 Å². The largest absolute Gasteiger partial charge is 0.477 e. The number of aryl methyl sites for hydroxylation is 1. The van der Waals surface area contributed by atoms with Gasteiger partial charge in [-0.25, -0.2) is 9.78 Å². The smallest absolute Gasteiger partial charge is 0.354 e. The van der Waals surface area contributed by atoms with E-state index >= 15 is 0 Å². The van der Waals surface area contributed by atoms with Crippen LogP contribution in [0, 0.1) is 0 Å². The normalized spacial score (nSPS) is 10.4. The van der Waals surface area contributed by atoms with Crippen molar-refractivity contribution in [2.45, 2.75) is 0 Å². The van der Waals surface area contributed by atoms with Gasteiger partial charge in [0.1, 0.15) is 17.7 Å². The van der Waals surface area contributed by atoms with E-state index in [1.54, 1.807) is 7.05 Å². The Kier molecular flexibility index (Phi) is 1.81. The second-order valence-corrected chi connectivity index (χ2v) is 2.68. The Morgan fingerprint density at radius 2 is 2.43 bits per heavy atom. The lowest BCUT2D eigenvalue weighted by molar-refractivity contribution is 0.0685. The molecular weight excluding hydrogens is 186 g/mol. The fourth-order valence-electron chi connectivity index (χ4n) is 1.12. The van der Waals surface area contributed by atoms with Crippen molar-refractivity contribution in [3.8, 4) is 11.6 Å². The molecule has 0 saturated heterocycles. The molecular formula is C8H7N3O3. The highest BCUT2D eigenvalue weighted by Gasteiger charge is 2.14. The second-order valence-electron chi connectivity index (χ2n) is 2.68. The van der Waals surface area contributed by atoms with Crippen LogP contribution in [0.2, 0.25) is 0 Å². The van der Waals surface area contributed by atoms with Crippen LogP contribution in [0.25, 0.3) is 11.6 Å². The van der Waals surface area contributed by atoms with Crippen LogP contribution in [-0.2, 0) is 7.05 Å². The molecule has 0 atom stereocenters. The van der Waals surface area contributed by atoms with Gasteiger partial charge in [0.15, 0.2) is 0 Å². The highest BCUT2D eigenvalue weighted by molar-refractivity contribution is 5.86. The number of aromatic nitrogens is 3. The average molecular weight is 193 g/mol. The molecule has 0 bridgehead atoms.